The molecule has 3 rings (SSSR count). The Balaban J connectivity index is 1.65. The summed E-state index contributed by atoms with van der Waals surface area (Å²) >= 11 is 1.38. The van der Waals surface area contributed by atoms with Crippen LogP contribution in [0.1, 0.15) is 17.0 Å². The quantitative estimate of drug-likeness (QED) is 0.474. The van der Waals surface area contributed by atoms with E-state index in [2.05, 4.69) is 34.2 Å². The number of aromatic nitrogens is 3. The maximum Gasteiger partial charge on any atom is 0.234 e. The van der Waals surface area contributed by atoms with Crippen LogP contribution >= 0.6 is 11.8 Å². The molecule has 1 N–H and O–H groups in total. The highest BCUT2D eigenvalue weighted by atomic mass is 32.2. The predicted octanol–water partition coefficient (Wildman–Crippen LogP) is 4.09. The predicted molar refractivity (Wildman–Crippen MR) is 110 cm³/mol. The summed E-state index contributed by atoms with van der Waals surface area (Å²) in [7, 11) is 0. The average Bonchev–Trinajstić information content (AvgIpc) is 3.03. The lowest BCUT2D eigenvalue weighted by Crippen LogP contribution is -2.15. The van der Waals surface area contributed by atoms with Gasteiger partial charge >= 0.3 is 0 Å². The van der Waals surface area contributed by atoms with Gasteiger partial charge in [0.1, 0.15) is 5.82 Å². The Morgan fingerprint density at radius 2 is 2.00 bits per heavy atom. The SMILES string of the molecule is C=CCn1c(Cc2ccccc2)nnc1SCC(=O)Nc1cccc(C)c1. The second kappa shape index (κ2) is 9.19. The molecular formula is C21H22N4OS. The molecule has 0 fully saturated rings. The summed E-state index contributed by atoms with van der Waals surface area (Å²) in [5.41, 5.74) is 3.08. The van der Waals surface area contributed by atoms with Crippen LogP contribution in [0.25, 0.3) is 0 Å². The minimum atomic E-state index is -0.0663. The third-order valence-corrected chi connectivity index (χ3v) is 4.91. The zero-order chi connectivity index (χ0) is 19.1. The lowest BCUT2D eigenvalue weighted by atomic mass is 10.1. The van der Waals surface area contributed by atoms with E-state index in [-0.39, 0.29) is 11.7 Å². The van der Waals surface area contributed by atoms with Gasteiger partial charge in [-0.3, -0.25) is 4.79 Å². The molecule has 1 heterocycles. The molecule has 0 unspecified atom stereocenters. The monoisotopic (exact) mass is 378 g/mol. The largest absolute Gasteiger partial charge is 0.325 e. The lowest BCUT2D eigenvalue weighted by Gasteiger charge is -2.08. The first-order chi connectivity index (χ1) is 13.2. The van der Waals surface area contributed by atoms with Crippen molar-refractivity contribution in [2.75, 3.05) is 11.1 Å². The van der Waals surface area contributed by atoms with Gasteiger partial charge in [-0.15, -0.1) is 16.8 Å². The maximum absolute atomic E-state index is 12.3. The van der Waals surface area contributed by atoms with Crippen molar-refractivity contribution in [1.29, 1.82) is 0 Å². The first-order valence-electron chi connectivity index (χ1n) is 8.72. The van der Waals surface area contributed by atoms with E-state index in [1.165, 1.54) is 17.3 Å². The smallest absolute Gasteiger partial charge is 0.234 e. The van der Waals surface area contributed by atoms with Gasteiger partial charge in [-0.2, -0.15) is 0 Å². The molecule has 27 heavy (non-hydrogen) atoms. The first kappa shape index (κ1) is 18.9. The molecule has 138 valence electrons. The van der Waals surface area contributed by atoms with Crippen LogP contribution < -0.4 is 5.32 Å². The molecule has 0 aliphatic rings. The number of carbonyl (C=O) groups excluding carboxylic acids is 1. The van der Waals surface area contributed by atoms with Crippen LogP contribution in [0.3, 0.4) is 0 Å². The topological polar surface area (TPSA) is 59.8 Å². The molecular weight excluding hydrogens is 356 g/mol. The summed E-state index contributed by atoms with van der Waals surface area (Å²) in [6.07, 6.45) is 2.51. The summed E-state index contributed by atoms with van der Waals surface area (Å²) in [5, 5.41) is 12.2. The molecule has 0 bridgehead atoms. The molecule has 0 aliphatic heterocycles. The maximum atomic E-state index is 12.3. The Bertz CT molecular complexity index is 921. The van der Waals surface area contributed by atoms with E-state index in [4.69, 9.17) is 0 Å². The molecule has 2 aromatic carbocycles. The van der Waals surface area contributed by atoms with Crippen LogP contribution in [0.4, 0.5) is 5.69 Å². The van der Waals surface area contributed by atoms with E-state index in [1.807, 2.05) is 60.0 Å². The number of thioether (sulfide) groups is 1. The van der Waals surface area contributed by atoms with Crippen molar-refractivity contribution in [3.8, 4) is 0 Å². The van der Waals surface area contributed by atoms with Crippen LogP contribution in [-0.4, -0.2) is 26.4 Å². The molecule has 0 saturated carbocycles. The normalized spacial score (nSPS) is 10.6. The Labute approximate surface area is 163 Å². The van der Waals surface area contributed by atoms with Crippen LogP contribution in [0.5, 0.6) is 0 Å². The van der Waals surface area contributed by atoms with Crippen molar-refractivity contribution in [2.45, 2.75) is 25.0 Å². The third-order valence-electron chi connectivity index (χ3n) is 3.94. The average molecular weight is 379 g/mol. The van der Waals surface area contributed by atoms with E-state index in [0.29, 0.717) is 13.0 Å². The van der Waals surface area contributed by atoms with Gasteiger partial charge in [0.2, 0.25) is 5.91 Å². The molecule has 1 amide bonds. The first-order valence-corrected chi connectivity index (χ1v) is 9.70. The summed E-state index contributed by atoms with van der Waals surface area (Å²) in [5.74, 6) is 1.07. The van der Waals surface area contributed by atoms with Crippen molar-refractivity contribution < 1.29 is 4.79 Å². The molecule has 0 saturated heterocycles. The van der Waals surface area contributed by atoms with Crippen LogP contribution in [0.15, 0.2) is 72.4 Å². The second-order valence-corrected chi connectivity index (χ2v) is 7.11. The van der Waals surface area contributed by atoms with Crippen molar-refractivity contribution in [3.63, 3.8) is 0 Å². The van der Waals surface area contributed by atoms with E-state index in [0.717, 1.165) is 22.2 Å². The van der Waals surface area contributed by atoms with Gasteiger partial charge in [-0.1, -0.05) is 60.3 Å². The van der Waals surface area contributed by atoms with Crippen LogP contribution in [0, 0.1) is 6.92 Å². The number of allylic oxidation sites excluding steroid dienone is 1. The Morgan fingerprint density at radius 1 is 1.19 bits per heavy atom. The minimum absolute atomic E-state index is 0.0663. The molecule has 1 aromatic heterocycles. The van der Waals surface area contributed by atoms with Gasteiger partial charge in [0.15, 0.2) is 5.16 Å². The van der Waals surface area contributed by atoms with Gasteiger partial charge in [0.05, 0.1) is 5.75 Å². The number of nitrogens with one attached hydrogen (secondary N) is 1. The molecule has 0 spiro atoms. The number of hydrogen-bond donors (Lipinski definition) is 1. The van der Waals surface area contributed by atoms with Crippen molar-refractivity contribution in [3.05, 3.63) is 84.2 Å². The molecule has 3 aromatic rings. The highest BCUT2D eigenvalue weighted by Gasteiger charge is 2.14. The molecule has 6 heteroatoms. The van der Waals surface area contributed by atoms with E-state index < -0.39 is 0 Å². The fourth-order valence-corrected chi connectivity index (χ4v) is 3.46. The van der Waals surface area contributed by atoms with E-state index in [1.54, 1.807) is 0 Å². The summed E-state index contributed by atoms with van der Waals surface area (Å²) in [6.45, 7) is 6.42. The second-order valence-electron chi connectivity index (χ2n) is 6.17. The van der Waals surface area contributed by atoms with Crippen molar-refractivity contribution in [2.24, 2.45) is 0 Å². The molecule has 0 radical (unpaired) electrons. The highest BCUT2D eigenvalue weighted by Crippen LogP contribution is 2.20. The fraction of sp³-hybridized carbons (Fsp3) is 0.190. The van der Waals surface area contributed by atoms with E-state index >= 15 is 0 Å². The number of rotatable bonds is 8. The van der Waals surface area contributed by atoms with Gasteiger partial charge < -0.3 is 9.88 Å². The number of carbonyl (C=O) groups is 1. The number of amides is 1. The Kier molecular flexibility index (Phi) is 6.44. The zero-order valence-electron chi connectivity index (χ0n) is 15.3. The Hall–Kier alpha value is -2.86. The van der Waals surface area contributed by atoms with Crippen molar-refractivity contribution >= 4 is 23.4 Å². The van der Waals surface area contributed by atoms with Gasteiger partial charge in [0, 0.05) is 18.7 Å². The third kappa shape index (κ3) is 5.31. The number of hydrogen-bond acceptors (Lipinski definition) is 4. The summed E-state index contributed by atoms with van der Waals surface area (Å²) in [4.78, 5) is 12.3. The number of aryl methyl sites for hydroxylation is 1. The number of benzene rings is 2. The zero-order valence-corrected chi connectivity index (χ0v) is 16.1. The van der Waals surface area contributed by atoms with Crippen molar-refractivity contribution in [1.82, 2.24) is 14.8 Å². The lowest BCUT2D eigenvalue weighted by molar-refractivity contribution is -0.113. The van der Waals surface area contributed by atoms with E-state index in [9.17, 15) is 4.79 Å². The Morgan fingerprint density at radius 3 is 2.74 bits per heavy atom. The van der Waals surface area contributed by atoms with Gasteiger partial charge in [-0.25, -0.2) is 0 Å². The summed E-state index contributed by atoms with van der Waals surface area (Å²) in [6, 6.07) is 17.9. The molecule has 0 atom stereocenters. The van der Waals surface area contributed by atoms with Crippen LogP contribution in [-0.2, 0) is 17.8 Å². The fourth-order valence-electron chi connectivity index (χ4n) is 2.70. The molecule has 0 aliphatic carbocycles. The van der Waals surface area contributed by atoms with Gasteiger partial charge in [0.25, 0.3) is 0 Å². The summed E-state index contributed by atoms with van der Waals surface area (Å²) < 4.78 is 2.00. The minimum Gasteiger partial charge on any atom is -0.325 e. The van der Waals surface area contributed by atoms with Gasteiger partial charge in [-0.05, 0) is 30.2 Å². The van der Waals surface area contributed by atoms with Crippen LogP contribution in [0.2, 0.25) is 0 Å². The molecule has 5 nitrogen and oxygen atoms in total. The highest BCUT2D eigenvalue weighted by molar-refractivity contribution is 7.99. The number of nitrogens with zero attached hydrogens (tertiary/aromatic N) is 3. The number of anilines is 1. The standard InChI is InChI=1S/C21H22N4OS/c1-3-12-25-19(14-17-9-5-4-6-10-17)23-24-21(25)27-15-20(26)22-18-11-7-8-16(2)13-18/h3-11,13H,1,12,14-15H2,2H3,(H,22,26).